The van der Waals surface area contributed by atoms with Crippen LogP contribution in [-0.4, -0.2) is 19.8 Å². The van der Waals surface area contributed by atoms with Crippen molar-refractivity contribution in [2.45, 2.75) is 44.3 Å². The molecule has 2 heteroatoms. The molecule has 0 aromatic heterocycles. The maximum atomic E-state index is 8.79. The van der Waals surface area contributed by atoms with E-state index in [4.69, 9.17) is 5.11 Å². The molecule has 1 atom stereocenters. The molecule has 1 aliphatic rings. The minimum atomic E-state index is -1.12. The molecule has 1 unspecified atom stereocenters. The third kappa shape index (κ3) is 2.20. The number of allylic oxidation sites excluding steroid dienone is 1. The summed E-state index contributed by atoms with van der Waals surface area (Å²) in [4.78, 5) is 0. The molecule has 0 amide bonds. The molecule has 1 saturated heterocycles. The fourth-order valence-electron chi connectivity index (χ4n) is 2.10. The van der Waals surface area contributed by atoms with Crippen LogP contribution in [0.2, 0.25) is 18.6 Å². The van der Waals surface area contributed by atoms with Crippen LogP contribution in [0.5, 0.6) is 0 Å². The topological polar surface area (TPSA) is 20.2 Å². The van der Waals surface area contributed by atoms with Gasteiger partial charge < -0.3 is 5.11 Å². The molecule has 1 N–H and O–H groups in total. The molecular weight excluding hydrogens is 164 g/mol. The first-order valence-electron chi connectivity index (χ1n) is 4.98. The monoisotopic (exact) mass is 184 g/mol. The summed E-state index contributed by atoms with van der Waals surface area (Å²) in [7, 11) is -1.12. The second kappa shape index (κ2) is 4.24. The van der Waals surface area contributed by atoms with Crippen LogP contribution in [-0.2, 0) is 0 Å². The Morgan fingerprint density at radius 3 is 2.83 bits per heavy atom. The summed E-state index contributed by atoms with van der Waals surface area (Å²) in [6.07, 6.45) is 4.99. The van der Waals surface area contributed by atoms with E-state index in [1.54, 1.807) is 5.20 Å². The molecule has 1 nitrogen and oxygen atoms in total. The van der Waals surface area contributed by atoms with Crippen molar-refractivity contribution in [3.63, 3.8) is 0 Å². The van der Waals surface area contributed by atoms with E-state index in [9.17, 15) is 0 Å². The summed E-state index contributed by atoms with van der Waals surface area (Å²) in [6, 6.07) is 2.66. The number of aliphatic hydroxyl groups is 1. The maximum absolute atomic E-state index is 8.79. The molecule has 0 radical (unpaired) electrons. The van der Waals surface area contributed by atoms with Crippen LogP contribution in [0.25, 0.3) is 0 Å². The average Bonchev–Trinajstić information content (AvgIpc) is 2.07. The quantitative estimate of drug-likeness (QED) is 0.669. The number of rotatable bonds is 3. The summed E-state index contributed by atoms with van der Waals surface area (Å²) in [6.45, 7) is 6.99. The van der Waals surface area contributed by atoms with Crippen LogP contribution in [0.4, 0.5) is 0 Å². The van der Waals surface area contributed by atoms with E-state index in [2.05, 4.69) is 13.1 Å². The lowest BCUT2D eigenvalue weighted by Crippen LogP contribution is -2.35. The minimum Gasteiger partial charge on any atom is -0.396 e. The van der Waals surface area contributed by atoms with Crippen LogP contribution in [0.15, 0.2) is 11.8 Å². The highest BCUT2D eigenvalue weighted by Gasteiger charge is 2.31. The van der Waals surface area contributed by atoms with Crippen LogP contribution >= 0.6 is 0 Å². The van der Waals surface area contributed by atoms with Crippen molar-refractivity contribution >= 4 is 8.07 Å². The highest BCUT2D eigenvalue weighted by atomic mass is 28.3. The smallest absolute Gasteiger partial charge is 0.0778 e. The van der Waals surface area contributed by atoms with Gasteiger partial charge in [-0.15, -0.1) is 6.58 Å². The highest BCUT2D eigenvalue weighted by Crippen LogP contribution is 2.34. The molecule has 0 aromatic rings. The lowest BCUT2D eigenvalue weighted by atomic mass is 10.2. The van der Waals surface area contributed by atoms with E-state index in [0.29, 0.717) is 6.61 Å². The summed E-state index contributed by atoms with van der Waals surface area (Å²) in [5.41, 5.74) is 0. The van der Waals surface area contributed by atoms with Gasteiger partial charge in [-0.1, -0.05) is 36.7 Å². The standard InChI is InChI=1S/C10H20OSi/c1-10-6-3-4-8-12(10,2)9-5-7-11/h11H,1,3-9H2,2H3. The summed E-state index contributed by atoms with van der Waals surface area (Å²) in [5.74, 6) is 0. The number of aliphatic hydroxyl groups excluding tert-OH is 1. The molecule has 0 spiro atoms. The normalized spacial score (nSPS) is 30.7. The third-order valence-electron chi connectivity index (χ3n) is 3.20. The van der Waals surface area contributed by atoms with E-state index in [-0.39, 0.29) is 0 Å². The minimum absolute atomic E-state index is 0.357. The van der Waals surface area contributed by atoms with E-state index < -0.39 is 8.07 Å². The Morgan fingerprint density at radius 1 is 1.50 bits per heavy atom. The van der Waals surface area contributed by atoms with Crippen molar-refractivity contribution < 1.29 is 5.11 Å². The molecule has 1 heterocycles. The lowest BCUT2D eigenvalue weighted by Gasteiger charge is -2.33. The maximum Gasteiger partial charge on any atom is 0.0778 e. The van der Waals surface area contributed by atoms with Gasteiger partial charge in [-0.3, -0.25) is 0 Å². The van der Waals surface area contributed by atoms with Crippen molar-refractivity contribution in [2.75, 3.05) is 6.61 Å². The van der Waals surface area contributed by atoms with Crippen molar-refractivity contribution in [1.82, 2.24) is 0 Å². The van der Waals surface area contributed by atoms with Gasteiger partial charge in [0, 0.05) is 6.61 Å². The van der Waals surface area contributed by atoms with Gasteiger partial charge in [0.15, 0.2) is 0 Å². The Balaban J connectivity index is 2.48. The summed E-state index contributed by atoms with van der Waals surface area (Å²) >= 11 is 0. The van der Waals surface area contributed by atoms with E-state index in [0.717, 1.165) is 6.42 Å². The van der Waals surface area contributed by atoms with Crippen LogP contribution < -0.4 is 0 Å². The third-order valence-corrected chi connectivity index (χ3v) is 8.07. The van der Waals surface area contributed by atoms with Gasteiger partial charge in [0.25, 0.3) is 0 Å². The Kier molecular flexibility index (Phi) is 3.53. The van der Waals surface area contributed by atoms with E-state index >= 15 is 0 Å². The van der Waals surface area contributed by atoms with Gasteiger partial charge in [-0.05, 0) is 12.8 Å². The van der Waals surface area contributed by atoms with Gasteiger partial charge in [-0.25, -0.2) is 0 Å². The average molecular weight is 184 g/mol. The number of hydrogen-bond donors (Lipinski definition) is 1. The zero-order valence-corrected chi connectivity index (χ0v) is 9.10. The van der Waals surface area contributed by atoms with Crippen molar-refractivity contribution in [3.05, 3.63) is 11.8 Å². The molecule has 0 bridgehead atoms. The molecule has 0 saturated carbocycles. The molecule has 0 aromatic carbocycles. The van der Waals surface area contributed by atoms with E-state index in [1.807, 2.05) is 0 Å². The molecule has 70 valence electrons. The molecule has 12 heavy (non-hydrogen) atoms. The first-order chi connectivity index (χ1) is 5.69. The predicted molar refractivity (Wildman–Crippen MR) is 55.9 cm³/mol. The van der Waals surface area contributed by atoms with Gasteiger partial charge in [0.2, 0.25) is 0 Å². The van der Waals surface area contributed by atoms with Gasteiger partial charge in [0.1, 0.15) is 0 Å². The second-order valence-corrected chi connectivity index (χ2v) is 9.03. The Hall–Kier alpha value is -0.0831. The fraction of sp³-hybridized carbons (Fsp3) is 0.800. The Morgan fingerprint density at radius 2 is 2.25 bits per heavy atom. The van der Waals surface area contributed by atoms with Crippen molar-refractivity contribution in [2.24, 2.45) is 0 Å². The van der Waals surface area contributed by atoms with Crippen LogP contribution in [0.1, 0.15) is 25.7 Å². The fourth-order valence-corrected chi connectivity index (χ4v) is 5.81. The number of hydrogen-bond acceptors (Lipinski definition) is 1. The SMILES string of the molecule is C=C1CCCC[Si]1(C)CCCO. The molecular formula is C10H20OSi. The van der Waals surface area contributed by atoms with Gasteiger partial charge >= 0.3 is 0 Å². The predicted octanol–water partition coefficient (Wildman–Crippen LogP) is 2.73. The summed E-state index contributed by atoms with van der Waals surface area (Å²) in [5, 5.41) is 10.3. The molecule has 1 aliphatic heterocycles. The zero-order chi connectivity index (χ0) is 9.03. The van der Waals surface area contributed by atoms with Crippen molar-refractivity contribution in [1.29, 1.82) is 0 Å². The molecule has 1 rings (SSSR count). The van der Waals surface area contributed by atoms with Crippen LogP contribution in [0, 0.1) is 0 Å². The lowest BCUT2D eigenvalue weighted by molar-refractivity contribution is 0.294. The van der Waals surface area contributed by atoms with E-state index in [1.165, 1.54) is 31.4 Å². The van der Waals surface area contributed by atoms with Crippen molar-refractivity contribution in [3.8, 4) is 0 Å². The second-order valence-electron chi connectivity index (χ2n) is 4.20. The molecule has 1 fully saturated rings. The Labute approximate surface area is 76.5 Å². The zero-order valence-electron chi connectivity index (χ0n) is 8.10. The Bertz CT molecular complexity index is 167. The summed E-state index contributed by atoms with van der Waals surface area (Å²) < 4.78 is 0. The highest BCUT2D eigenvalue weighted by molar-refractivity contribution is 6.85. The first-order valence-corrected chi connectivity index (χ1v) is 7.89. The largest absolute Gasteiger partial charge is 0.396 e. The van der Waals surface area contributed by atoms with Gasteiger partial charge in [0.05, 0.1) is 8.07 Å². The first kappa shape index (κ1) is 10.0. The van der Waals surface area contributed by atoms with Crippen LogP contribution in [0.3, 0.4) is 0 Å². The van der Waals surface area contributed by atoms with Gasteiger partial charge in [-0.2, -0.15) is 0 Å². The molecule has 0 aliphatic carbocycles.